The molecule has 1 fully saturated rings. The number of hydrogen-bond donors (Lipinski definition) is 1. The number of ether oxygens (including phenoxy) is 1. The lowest BCUT2D eigenvalue weighted by Crippen LogP contribution is -2.45. The van der Waals surface area contributed by atoms with Crippen LogP contribution in [0.2, 0.25) is 0 Å². The smallest absolute Gasteiger partial charge is 0.142 e. The monoisotopic (exact) mass is 268 g/mol. The Kier molecular flexibility index (Phi) is 3.61. The average molecular weight is 268 g/mol. The summed E-state index contributed by atoms with van der Waals surface area (Å²) in [5.74, 6) is 1.54. The van der Waals surface area contributed by atoms with E-state index in [-0.39, 0.29) is 0 Å². The summed E-state index contributed by atoms with van der Waals surface area (Å²) in [6.45, 7) is 2.63. The van der Waals surface area contributed by atoms with Crippen LogP contribution in [0.5, 0.6) is 5.75 Å². The summed E-state index contributed by atoms with van der Waals surface area (Å²) in [7, 11) is 1.72. The summed E-state index contributed by atoms with van der Waals surface area (Å²) in [6, 6.07) is 16.9. The molecule has 2 aromatic carbocycles. The molecule has 0 aliphatic carbocycles. The second kappa shape index (κ2) is 5.55. The van der Waals surface area contributed by atoms with E-state index < -0.39 is 0 Å². The number of nitrogens with zero attached hydrogens (tertiary/aromatic N) is 1. The van der Waals surface area contributed by atoms with Gasteiger partial charge in [-0.1, -0.05) is 36.4 Å². The third-order valence-electron chi connectivity index (χ3n) is 3.97. The molecule has 1 saturated heterocycles. The maximum absolute atomic E-state index is 5.67. The van der Waals surface area contributed by atoms with E-state index in [0.29, 0.717) is 12.5 Å². The van der Waals surface area contributed by atoms with Crippen LogP contribution in [-0.4, -0.2) is 20.2 Å². The quantitative estimate of drug-likeness (QED) is 0.926. The van der Waals surface area contributed by atoms with Crippen molar-refractivity contribution in [2.75, 3.05) is 25.1 Å². The van der Waals surface area contributed by atoms with Crippen molar-refractivity contribution >= 4 is 5.69 Å². The van der Waals surface area contributed by atoms with E-state index in [1.54, 1.807) is 7.11 Å². The van der Waals surface area contributed by atoms with Gasteiger partial charge in [-0.2, -0.15) is 0 Å². The largest absolute Gasteiger partial charge is 0.495 e. The first-order valence-electron chi connectivity index (χ1n) is 6.98. The maximum Gasteiger partial charge on any atom is 0.142 e. The van der Waals surface area contributed by atoms with E-state index in [2.05, 4.69) is 47.4 Å². The van der Waals surface area contributed by atoms with Crippen molar-refractivity contribution < 1.29 is 4.74 Å². The molecule has 2 aromatic rings. The Hall–Kier alpha value is -2.00. The van der Waals surface area contributed by atoms with E-state index in [9.17, 15) is 0 Å². The molecule has 104 valence electrons. The van der Waals surface area contributed by atoms with Crippen molar-refractivity contribution in [1.29, 1.82) is 0 Å². The molecule has 0 bridgehead atoms. The topological polar surface area (TPSA) is 38.5 Å². The van der Waals surface area contributed by atoms with Crippen LogP contribution in [0.1, 0.15) is 17.0 Å². The number of hydrogen-bond acceptors (Lipinski definition) is 3. The van der Waals surface area contributed by atoms with Crippen LogP contribution in [0.15, 0.2) is 48.5 Å². The van der Waals surface area contributed by atoms with Crippen LogP contribution in [0.25, 0.3) is 0 Å². The summed E-state index contributed by atoms with van der Waals surface area (Å²) in [4.78, 5) is 2.36. The number of anilines is 1. The van der Waals surface area contributed by atoms with Crippen LogP contribution in [0, 0.1) is 0 Å². The molecular formula is C17H20N2O. The molecule has 0 amide bonds. The lowest BCUT2D eigenvalue weighted by molar-refractivity contribution is 0.408. The highest BCUT2D eigenvalue weighted by Gasteiger charge is 2.29. The molecule has 2 N–H and O–H groups in total. The zero-order valence-corrected chi connectivity index (χ0v) is 11.8. The van der Waals surface area contributed by atoms with E-state index in [1.165, 1.54) is 5.56 Å². The summed E-state index contributed by atoms with van der Waals surface area (Å²) in [5.41, 5.74) is 9.36. The van der Waals surface area contributed by atoms with Gasteiger partial charge in [-0.05, 0) is 23.3 Å². The van der Waals surface area contributed by atoms with Crippen LogP contribution >= 0.6 is 0 Å². The fourth-order valence-corrected chi connectivity index (χ4v) is 2.72. The van der Waals surface area contributed by atoms with Gasteiger partial charge in [0.05, 0.1) is 12.8 Å². The van der Waals surface area contributed by atoms with Crippen molar-refractivity contribution in [2.45, 2.75) is 12.5 Å². The van der Waals surface area contributed by atoms with Crippen molar-refractivity contribution in [3.05, 3.63) is 59.7 Å². The Bertz CT molecular complexity index is 577. The average Bonchev–Trinajstić information content (AvgIpc) is 2.47. The number of benzene rings is 2. The molecule has 0 unspecified atom stereocenters. The predicted molar refractivity (Wildman–Crippen MR) is 82.3 cm³/mol. The zero-order valence-electron chi connectivity index (χ0n) is 11.8. The molecular weight excluding hydrogens is 248 g/mol. The van der Waals surface area contributed by atoms with Crippen LogP contribution in [0.4, 0.5) is 5.69 Å². The van der Waals surface area contributed by atoms with E-state index in [1.807, 2.05) is 6.07 Å². The molecule has 0 spiro atoms. The predicted octanol–water partition coefficient (Wildman–Crippen LogP) is 2.76. The molecule has 1 aliphatic heterocycles. The summed E-state index contributed by atoms with van der Waals surface area (Å²) < 4.78 is 5.49. The van der Waals surface area contributed by atoms with Crippen LogP contribution < -0.4 is 15.4 Å². The van der Waals surface area contributed by atoms with Crippen LogP contribution in [-0.2, 0) is 6.54 Å². The highest BCUT2D eigenvalue weighted by molar-refractivity contribution is 5.62. The number of nitrogens with two attached hydrogens (primary N) is 1. The molecule has 20 heavy (non-hydrogen) atoms. The van der Waals surface area contributed by atoms with E-state index >= 15 is 0 Å². The van der Waals surface area contributed by atoms with Crippen molar-refractivity contribution in [2.24, 2.45) is 5.73 Å². The molecule has 3 heteroatoms. The Morgan fingerprint density at radius 3 is 2.55 bits per heavy atom. The molecule has 0 saturated carbocycles. The molecule has 0 atom stereocenters. The van der Waals surface area contributed by atoms with Gasteiger partial charge in [0, 0.05) is 25.6 Å². The van der Waals surface area contributed by atoms with Gasteiger partial charge in [0.2, 0.25) is 0 Å². The van der Waals surface area contributed by atoms with E-state index in [4.69, 9.17) is 10.5 Å². The summed E-state index contributed by atoms with van der Waals surface area (Å²) >= 11 is 0. The third-order valence-corrected chi connectivity index (χ3v) is 3.97. The van der Waals surface area contributed by atoms with Crippen molar-refractivity contribution in [3.8, 4) is 5.75 Å². The molecule has 3 nitrogen and oxygen atoms in total. The maximum atomic E-state index is 5.67. The van der Waals surface area contributed by atoms with Crippen molar-refractivity contribution in [3.63, 3.8) is 0 Å². The Labute approximate surface area is 120 Å². The number of methoxy groups -OCH3 is 1. The molecule has 0 aromatic heterocycles. The van der Waals surface area contributed by atoms with Gasteiger partial charge in [0.25, 0.3) is 0 Å². The van der Waals surface area contributed by atoms with Gasteiger partial charge >= 0.3 is 0 Å². The first kappa shape index (κ1) is 13.0. The molecule has 1 aliphatic rings. The zero-order chi connectivity index (χ0) is 13.9. The Balaban J connectivity index is 1.74. The Morgan fingerprint density at radius 1 is 1.15 bits per heavy atom. The normalized spacial score (nSPS) is 15.0. The van der Waals surface area contributed by atoms with Crippen molar-refractivity contribution in [1.82, 2.24) is 0 Å². The first-order valence-corrected chi connectivity index (χ1v) is 6.98. The summed E-state index contributed by atoms with van der Waals surface area (Å²) in [6.07, 6.45) is 0. The standard InChI is InChI=1S/C17H20N2O/c1-20-17-9-13(10-18)7-8-16(17)19-11-15(12-19)14-5-3-2-4-6-14/h2-9,15H,10-12,18H2,1H3. The lowest BCUT2D eigenvalue weighted by Gasteiger charge is -2.42. The minimum absolute atomic E-state index is 0.545. The van der Waals surface area contributed by atoms with Gasteiger partial charge in [-0.3, -0.25) is 0 Å². The highest BCUT2D eigenvalue weighted by Crippen LogP contribution is 2.37. The minimum Gasteiger partial charge on any atom is -0.495 e. The fourth-order valence-electron chi connectivity index (χ4n) is 2.72. The number of rotatable bonds is 4. The van der Waals surface area contributed by atoms with Gasteiger partial charge in [-0.25, -0.2) is 0 Å². The highest BCUT2D eigenvalue weighted by atomic mass is 16.5. The second-order valence-corrected chi connectivity index (χ2v) is 5.22. The Morgan fingerprint density at radius 2 is 1.90 bits per heavy atom. The van der Waals surface area contributed by atoms with Gasteiger partial charge in [-0.15, -0.1) is 0 Å². The SMILES string of the molecule is COc1cc(CN)ccc1N1CC(c2ccccc2)C1. The van der Waals surface area contributed by atoms with Gasteiger partial charge in [0.15, 0.2) is 0 Å². The van der Waals surface area contributed by atoms with Gasteiger partial charge < -0.3 is 15.4 Å². The third kappa shape index (κ3) is 2.37. The second-order valence-electron chi connectivity index (χ2n) is 5.22. The minimum atomic E-state index is 0.545. The fraction of sp³-hybridized carbons (Fsp3) is 0.294. The summed E-state index contributed by atoms with van der Waals surface area (Å²) in [5, 5.41) is 0. The van der Waals surface area contributed by atoms with Crippen LogP contribution in [0.3, 0.4) is 0 Å². The molecule has 3 rings (SSSR count). The van der Waals surface area contributed by atoms with E-state index in [0.717, 1.165) is 30.1 Å². The molecule has 0 radical (unpaired) electrons. The van der Waals surface area contributed by atoms with Gasteiger partial charge in [0.1, 0.15) is 5.75 Å². The lowest BCUT2D eigenvalue weighted by atomic mass is 9.91. The molecule has 1 heterocycles. The first-order chi connectivity index (χ1) is 9.81.